The molecule has 1 atom stereocenters. The lowest BCUT2D eigenvalue weighted by atomic mass is 9.99. The van der Waals surface area contributed by atoms with E-state index in [1.54, 1.807) is 0 Å². The Bertz CT molecular complexity index is 379. The zero-order chi connectivity index (χ0) is 11.6. The van der Waals surface area contributed by atoms with Crippen molar-refractivity contribution in [2.75, 3.05) is 11.9 Å². The van der Waals surface area contributed by atoms with Crippen molar-refractivity contribution in [3.05, 3.63) is 11.8 Å². The third-order valence-electron chi connectivity index (χ3n) is 3.12. The molecule has 0 aliphatic carbocycles. The summed E-state index contributed by atoms with van der Waals surface area (Å²) in [6.45, 7) is 4.88. The number of carbonyl (C=O) groups excluding carboxylic acids is 1. The molecule has 1 saturated heterocycles. The van der Waals surface area contributed by atoms with Gasteiger partial charge in [0.15, 0.2) is 5.82 Å². The number of aromatic nitrogens is 2. The molecule has 1 fully saturated rings. The summed E-state index contributed by atoms with van der Waals surface area (Å²) in [5.41, 5.74) is 0.588. The molecule has 3 N–H and O–H groups in total. The summed E-state index contributed by atoms with van der Waals surface area (Å²) < 4.78 is 0. The number of aryl methyl sites for hydroxylation is 1. The van der Waals surface area contributed by atoms with Crippen LogP contribution in [0.1, 0.15) is 32.4 Å². The summed E-state index contributed by atoms with van der Waals surface area (Å²) in [4.78, 5) is 12.0. The standard InChI is InChI=1S/C11H18N4O/c1-3-8-7-9(15-14-8)13-10(16)11(2)5-4-6-12-11/h7,12H,3-6H2,1-2H3,(H2,13,14,15,16). The second kappa shape index (κ2) is 4.25. The van der Waals surface area contributed by atoms with E-state index in [0.717, 1.165) is 31.5 Å². The number of nitrogens with one attached hydrogen (secondary N) is 3. The van der Waals surface area contributed by atoms with Gasteiger partial charge in [0, 0.05) is 11.8 Å². The Hall–Kier alpha value is -1.36. The van der Waals surface area contributed by atoms with Crippen molar-refractivity contribution in [3.63, 3.8) is 0 Å². The third-order valence-corrected chi connectivity index (χ3v) is 3.12. The second-order valence-electron chi connectivity index (χ2n) is 4.45. The lowest BCUT2D eigenvalue weighted by molar-refractivity contribution is -0.121. The largest absolute Gasteiger partial charge is 0.308 e. The minimum atomic E-state index is -0.439. The zero-order valence-corrected chi connectivity index (χ0v) is 9.76. The molecule has 5 nitrogen and oxygen atoms in total. The van der Waals surface area contributed by atoms with Crippen LogP contribution in [0.3, 0.4) is 0 Å². The number of rotatable bonds is 3. The Kier molecular flexibility index (Phi) is 2.96. The van der Waals surface area contributed by atoms with Gasteiger partial charge in [0.25, 0.3) is 0 Å². The summed E-state index contributed by atoms with van der Waals surface area (Å²) >= 11 is 0. The number of H-pyrrole nitrogens is 1. The topological polar surface area (TPSA) is 69.8 Å². The van der Waals surface area contributed by atoms with Crippen LogP contribution in [0.5, 0.6) is 0 Å². The van der Waals surface area contributed by atoms with E-state index < -0.39 is 5.54 Å². The van der Waals surface area contributed by atoms with E-state index in [9.17, 15) is 4.79 Å². The molecule has 5 heteroatoms. The quantitative estimate of drug-likeness (QED) is 0.716. The normalized spacial score (nSPS) is 24.6. The summed E-state index contributed by atoms with van der Waals surface area (Å²) in [5.74, 6) is 0.607. The molecule has 0 spiro atoms. The molecular formula is C11H18N4O. The van der Waals surface area contributed by atoms with E-state index in [0.29, 0.717) is 5.82 Å². The van der Waals surface area contributed by atoms with Crippen molar-refractivity contribution in [1.29, 1.82) is 0 Å². The average molecular weight is 222 g/mol. The van der Waals surface area contributed by atoms with Crippen LogP contribution in [0.15, 0.2) is 6.07 Å². The zero-order valence-electron chi connectivity index (χ0n) is 9.76. The molecule has 1 amide bonds. The number of hydrogen-bond acceptors (Lipinski definition) is 3. The average Bonchev–Trinajstić information content (AvgIpc) is 2.88. The smallest absolute Gasteiger partial charge is 0.245 e. The minimum Gasteiger partial charge on any atom is -0.308 e. The fourth-order valence-corrected chi connectivity index (χ4v) is 1.95. The SMILES string of the molecule is CCc1cc(NC(=O)C2(C)CCCN2)n[nH]1. The summed E-state index contributed by atoms with van der Waals surface area (Å²) in [6.07, 6.45) is 2.81. The van der Waals surface area contributed by atoms with Gasteiger partial charge in [-0.3, -0.25) is 9.89 Å². The van der Waals surface area contributed by atoms with Crippen molar-refractivity contribution >= 4 is 11.7 Å². The first-order chi connectivity index (χ1) is 7.64. The van der Waals surface area contributed by atoms with Crippen molar-refractivity contribution < 1.29 is 4.79 Å². The molecule has 0 aromatic carbocycles. The third kappa shape index (κ3) is 2.09. The Morgan fingerprint density at radius 3 is 3.06 bits per heavy atom. The maximum absolute atomic E-state index is 12.0. The van der Waals surface area contributed by atoms with Crippen LogP contribution in [-0.4, -0.2) is 28.2 Å². The number of anilines is 1. The molecule has 1 aromatic rings. The highest BCUT2D eigenvalue weighted by Crippen LogP contribution is 2.20. The maximum Gasteiger partial charge on any atom is 0.245 e. The predicted octanol–water partition coefficient (Wildman–Crippen LogP) is 1.05. The van der Waals surface area contributed by atoms with Crippen molar-refractivity contribution in [3.8, 4) is 0 Å². The molecule has 1 aliphatic heterocycles. The Labute approximate surface area is 95.0 Å². The van der Waals surface area contributed by atoms with Crippen molar-refractivity contribution in [2.24, 2.45) is 0 Å². The van der Waals surface area contributed by atoms with Crippen LogP contribution < -0.4 is 10.6 Å². The van der Waals surface area contributed by atoms with Crippen molar-refractivity contribution in [1.82, 2.24) is 15.5 Å². The lowest BCUT2D eigenvalue weighted by Gasteiger charge is -2.22. The maximum atomic E-state index is 12.0. The Morgan fingerprint density at radius 1 is 1.69 bits per heavy atom. The van der Waals surface area contributed by atoms with Gasteiger partial charge in [-0.05, 0) is 32.7 Å². The monoisotopic (exact) mass is 222 g/mol. The predicted molar refractivity (Wildman–Crippen MR) is 62.2 cm³/mol. The van der Waals surface area contributed by atoms with E-state index in [4.69, 9.17) is 0 Å². The first-order valence-electron chi connectivity index (χ1n) is 5.75. The molecule has 0 bridgehead atoms. The van der Waals surface area contributed by atoms with E-state index in [1.807, 2.05) is 19.9 Å². The highest BCUT2D eigenvalue weighted by atomic mass is 16.2. The highest BCUT2D eigenvalue weighted by Gasteiger charge is 2.36. The van der Waals surface area contributed by atoms with Gasteiger partial charge >= 0.3 is 0 Å². The van der Waals surface area contributed by atoms with Crippen LogP contribution in [0, 0.1) is 0 Å². The van der Waals surface area contributed by atoms with Gasteiger partial charge in [-0.15, -0.1) is 0 Å². The Balaban J connectivity index is 2.01. The van der Waals surface area contributed by atoms with Gasteiger partial charge in [-0.2, -0.15) is 5.10 Å². The van der Waals surface area contributed by atoms with Crippen molar-refractivity contribution in [2.45, 2.75) is 38.6 Å². The molecule has 16 heavy (non-hydrogen) atoms. The van der Waals surface area contributed by atoms with Gasteiger partial charge in [0.05, 0.1) is 5.54 Å². The van der Waals surface area contributed by atoms with E-state index in [-0.39, 0.29) is 5.91 Å². The number of carbonyl (C=O) groups is 1. The summed E-state index contributed by atoms with van der Waals surface area (Å²) in [6, 6.07) is 1.87. The molecule has 1 unspecified atom stereocenters. The number of nitrogens with zero attached hydrogens (tertiary/aromatic N) is 1. The van der Waals surface area contributed by atoms with E-state index in [2.05, 4.69) is 20.8 Å². The molecule has 1 aromatic heterocycles. The molecular weight excluding hydrogens is 204 g/mol. The number of aromatic amines is 1. The first kappa shape index (κ1) is 11.1. The summed E-state index contributed by atoms with van der Waals surface area (Å²) in [7, 11) is 0. The molecule has 2 heterocycles. The van der Waals surface area contributed by atoms with Crippen LogP contribution in [0.4, 0.5) is 5.82 Å². The molecule has 2 rings (SSSR count). The Morgan fingerprint density at radius 2 is 2.50 bits per heavy atom. The van der Waals surface area contributed by atoms with Gasteiger partial charge in [0.2, 0.25) is 5.91 Å². The van der Waals surface area contributed by atoms with Gasteiger partial charge < -0.3 is 10.6 Å². The molecule has 0 saturated carbocycles. The summed E-state index contributed by atoms with van der Waals surface area (Å²) in [5, 5.41) is 13.0. The van der Waals surface area contributed by atoms with Gasteiger partial charge in [-0.1, -0.05) is 6.92 Å². The lowest BCUT2D eigenvalue weighted by Crippen LogP contribution is -2.48. The molecule has 88 valence electrons. The number of hydrogen-bond donors (Lipinski definition) is 3. The van der Waals surface area contributed by atoms with Crippen LogP contribution in [0.2, 0.25) is 0 Å². The second-order valence-corrected chi connectivity index (χ2v) is 4.45. The van der Waals surface area contributed by atoms with Gasteiger partial charge in [-0.25, -0.2) is 0 Å². The molecule has 0 radical (unpaired) electrons. The van der Waals surface area contributed by atoms with Crippen LogP contribution >= 0.6 is 0 Å². The fraction of sp³-hybridized carbons (Fsp3) is 0.636. The van der Waals surface area contributed by atoms with Gasteiger partial charge in [0.1, 0.15) is 0 Å². The van der Waals surface area contributed by atoms with Crippen LogP contribution in [-0.2, 0) is 11.2 Å². The fourth-order valence-electron chi connectivity index (χ4n) is 1.95. The van der Waals surface area contributed by atoms with Crippen LogP contribution in [0.25, 0.3) is 0 Å². The highest BCUT2D eigenvalue weighted by molar-refractivity contribution is 5.97. The first-order valence-corrected chi connectivity index (χ1v) is 5.75. The number of amides is 1. The molecule has 1 aliphatic rings. The van der Waals surface area contributed by atoms with E-state index >= 15 is 0 Å². The minimum absolute atomic E-state index is 0.000784. The van der Waals surface area contributed by atoms with E-state index in [1.165, 1.54) is 0 Å².